The first kappa shape index (κ1) is 66.9. The van der Waals surface area contributed by atoms with Gasteiger partial charge in [-0.2, -0.15) is 5.10 Å². The van der Waals surface area contributed by atoms with Gasteiger partial charge in [0.25, 0.3) is 0 Å². The van der Waals surface area contributed by atoms with Crippen LogP contribution in [0.3, 0.4) is 0 Å². The number of fused-ring (bicyclic) bond motifs is 4. The molecule has 3 saturated heterocycles. The van der Waals surface area contributed by atoms with Crippen LogP contribution in [0.1, 0.15) is 157 Å². The summed E-state index contributed by atoms with van der Waals surface area (Å²) in [4.78, 5) is 6.40. The van der Waals surface area contributed by atoms with E-state index in [0.29, 0.717) is 90.0 Å². The minimum absolute atomic E-state index is 0.0199. The van der Waals surface area contributed by atoms with Gasteiger partial charge >= 0.3 is 0 Å². The second-order valence-corrected chi connectivity index (χ2v) is 31.1. The Hall–Kier alpha value is -9.70. The lowest BCUT2D eigenvalue weighted by molar-refractivity contribution is 0.126. The molecule has 4 aliphatic rings. The lowest BCUT2D eigenvalue weighted by Crippen LogP contribution is -2.58. The van der Waals surface area contributed by atoms with Crippen molar-refractivity contribution in [3.63, 3.8) is 0 Å². The minimum atomic E-state index is -0.0304. The van der Waals surface area contributed by atoms with Gasteiger partial charge in [0.15, 0.2) is 0 Å². The molecule has 0 unspecified atom stereocenters. The number of aromatic amines is 1. The Morgan fingerprint density at radius 3 is 1.30 bits per heavy atom. The number of rotatable bonds is 9. The van der Waals surface area contributed by atoms with E-state index >= 15 is 0 Å². The molecule has 0 saturated carbocycles. The van der Waals surface area contributed by atoms with E-state index in [-0.39, 0.29) is 68.6 Å². The standard InChI is InChI=1S/C26H32N8O.C22H25ClN8O.C22H27N7O2/c1-25(2)13-18(14-26(3,4)31-25)34-24-21(29-32-34)12-20(28-30-24)19-9-7-16(11-22(19)35)17-8-10-23(27-15-17)33(5)6;1-21(2)8-13(9-22(3,4)29-21)31-20-18(27-30-31)7-17(26-28-20)15-5-16(23)14(6-19(15)32)12-10-24-25-11-12;1-21(2)10-13(11-22(3,4)27-21)29-20-18(24-28-29)9-17(23-25-20)15-7-12-5-6-16(26-31)14(12)8-19(15)30/h7-12,15,18,31,35H,13-14H2,1-6H3;5-7,10-11,13,29,32H,8-9H2,1-4H3,(H,24,25);7-9,13,27,30-31H,5-6,10-11H2,1-4H3/b;;26-16+. The molecule has 0 radical (unpaired) electrons. The molecule has 510 valence electrons. The van der Waals surface area contributed by atoms with Crippen LogP contribution in [-0.2, 0) is 6.42 Å². The van der Waals surface area contributed by atoms with Crippen molar-refractivity contribution >= 4 is 56.6 Å². The van der Waals surface area contributed by atoms with E-state index < -0.39 is 0 Å². The first-order valence-electron chi connectivity index (χ1n) is 33.0. The van der Waals surface area contributed by atoms with Gasteiger partial charge in [0.05, 0.1) is 47.1 Å². The number of halogens is 1. The van der Waals surface area contributed by atoms with Crippen LogP contribution in [0.15, 0.2) is 96.5 Å². The first-order valence-corrected chi connectivity index (χ1v) is 33.4. The molecule has 8 N–H and O–H groups in total. The van der Waals surface area contributed by atoms with Gasteiger partial charge in [-0.25, -0.2) is 19.0 Å². The molecule has 3 fully saturated rings. The molecule has 8 aromatic heterocycles. The van der Waals surface area contributed by atoms with Crippen LogP contribution in [-0.4, -0.2) is 164 Å². The van der Waals surface area contributed by atoms with Crippen molar-refractivity contribution in [3.8, 4) is 73.3 Å². The molecule has 0 atom stereocenters. The summed E-state index contributed by atoms with van der Waals surface area (Å²) in [6.07, 6.45) is 12.1. The van der Waals surface area contributed by atoms with Gasteiger partial charge in [-0.15, -0.1) is 45.9 Å². The first-order chi connectivity index (χ1) is 46.3. The quantitative estimate of drug-likeness (QED) is 0.0491. The lowest BCUT2D eigenvalue weighted by Gasteiger charge is -2.46. The summed E-state index contributed by atoms with van der Waals surface area (Å²) >= 11 is 6.48. The Labute approximate surface area is 572 Å². The monoisotopic (exact) mass is 1350 g/mol. The number of H-pyrrole nitrogens is 1. The zero-order chi connectivity index (χ0) is 69.6. The number of nitrogens with zero attached hydrogens (tertiary/aromatic N) is 19. The number of hydrogen-bond acceptors (Lipinski definition) is 23. The number of aromatic nitrogens is 18. The van der Waals surface area contributed by atoms with Crippen molar-refractivity contribution in [1.29, 1.82) is 0 Å². The summed E-state index contributed by atoms with van der Waals surface area (Å²) in [5.74, 6) is 1.13. The highest BCUT2D eigenvalue weighted by atomic mass is 35.5. The van der Waals surface area contributed by atoms with Crippen molar-refractivity contribution in [1.82, 2.24) is 107 Å². The third-order valence-electron chi connectivity index (χ3n) is 18.7. The number of hydrogen-bond donors (Lipinski definition) is 8. The molecule has 3 aromatic carbocycles. The van der Waals surface area contributed by atoms with Crippen LogP contribution in [0, 0.1) is 0 Å². The van der Waals surface area contributed by atoms with E-state index in [9.17, 15) is 15.3 Å². The summed E-state index contributed by atoms with van der Waals surface area (Å²) in [5.41, 5.74) is 12.6. The summed E-state index contributed by atoms with van der Waals surface area (Å²) in [6.45, 7) is 26.4. The Balaban J connectivity index is 0.000000133. The molecule has 11 heterocycles. The van der Waals surface area contributed by atoms with E-state index in [0.717, 1.165) is 78.6 Å². The van der Waals surface area contributed by atoms with Crippen LogP contribution in [0.2, 0.25) is 5.02 Å². The highest BCUT2D eigenvalue weighted by Gasteiger charge is 2.43. The highest BCUT2D eigenvalue weighted by molar-refractivity contribution is 6.33. The third-order valence-corrected chi connectivity index (χ3v) is 19.1. The SMILES string of the molecule is CC1(C)CC(n2nnc3cc(-c4cc(Cl)c(-c5cn[nH]c5)cc4O)nnc32)CC(C)(C)N1.CC1(C)CC(n2nnc3cc(-c4cc5c(cc4O)/C(=N/O)CC5)nnc32)CC(C)(C)N1.CN(C)c1ccc(-c2ccc(-c3cc4nnn(C5CC(C)(C)NC(C)(C)C5)c4nn3)c(O)c2)cn1. The maximum Gasteiger partial charge on any atom is 0.201 e. The molecule has 11 aromatic rings. The van der Waals surface area contributed by atoms with E-state index in [1.165, 1.54) is 0 Å². The van der Waals surface area contributed by atoms with Crippen molar-refractivity contribution in [3.05, 3.63) is 108 Å². The number of nitrogens with one attached hydrogen (secondary N) is 4. The van der Waals surface area contributed by atoms with Gasteiger partial charge in [-0.1, -0.05) is 38.5 Å². The van der Waals surface area contributed by atoms with Crippen LogP contribution in [0.5, 0.6) is 17.2 Å². The number of benzene rings is 3. The van der Waals surface area contributed by atoms with Crippen molar-refractivity contribution in [2.75, 3.05) is 19.0 Å². The maximum atomic E-state index is 10.8. The number of piperidine rings is 3. The van der Waals surface area contributed by atoms with E-state index in [1.807, 2.05) is 75.5 Å². The summed E-state index contributed by atoms with van der Waals surface area (Å²) < 4.78 is 5.68. The molecule has 27 nitrogen and oxygen atoms in total. The molecule has 1 aliphatic carbocycles. The Kier molecular flexibility index (Phi) is 17.1. The summed E-state index contributed by atoms with van der Waals surface area (Å²) in [7, 11) is 3.90. The average Bonchev–Trinajstić information content (AvgIpc) is 1.59. The van der Waals surface area contributed by atoms with Gasteiger partial charge in [-0.3, -0.25) is 5.10 Å². The van der Waals surface area contributed by atoms with E-state index in [1.54, 1.807) is 48.9 Å². The number of oxime groups is 1. The van der Waals surface area contributed by atoms with Crippen LogP contribution < -0.4 is 20.9 Å². The minimum Gasteiger partial charge on any atom is -0.507 e. The topological polar surface area (TPSA) is 344 Å². The zero-order valence-corrected chi connectivity index (χ0v) is 58.5. The molecule has 0 amide bonds. The average molecular weight is 1350 g/mol. The summed E-state index contributed by atoms with van der Waals surface area (Å²) in [5, 5.41) is 116. The number of pyridine rings is 1. The number of phenols is 3. The molecule has 15 rings (SSSR count). The molecular weight excluding hydrogens is 1260 g/mol. The second kappa shape index (κ2) is 25.0. The van der Waals surface area contributed by atoms with Gasteiger partial charge in [-0.05, 0) is 212 Å². The van der Waals surface area contributed by atoms with Gasteiger partial charge in [0.2, 0.25) is 16.9 Å². The van der Waals surface area contributed by atoms with Crippen molar-refractivity contribution in [2.24, 2.45) is 5.16 Å². The number of aromatic hydroxyl groups is 3. The molecule has 98 heavy (non-hydrogen) atoms. The number of aryl methyl sites for hydroxylation is 1. The maximum absolute atomic E-state index is 10.8. The molecule has 28 heteroatoms. The largest absolute Gasteiger partial charge is 0.507 e. The predicted octanol–water partition coefficient (Wildman–Crippen LogP) is 11.5. The lowest BCUT2D eigenvalue weighted by atomic mass is 9.79. The summed E-state index contributed by atoms with van der Waals surface area (Å²) in [6, 6.07) is 22.2. The number of phenolic OH excluding ortho intramolecular Hbond substituents is 3. The van der Waals surface area contributed by atoms with Crippen LogP contribution in [0.4, 0.5) is 5.82 Å². The van der Waals surface area contributed by atoms with E-state index in [2.05, 4.69) is 181 Å². The predicted molar refractivity (Wildman–Crippen MR) is 376 cm³/mol. The van der Waals surface area contributed by atoms with Gasteiger partial charge in [0.1, 0.15) is 39.6 Å². The zero-order valence-electron chi connectivity index (χ0n) is 57.7. The van der Waals surface area contributed by atoms with Gasteiger partial charge in [0, 0.05) is 104 Å². The van der Waals surface area contributed by atoms with Crippen molar-refractivity contribution < 1.29 is 20.5 Å². The van der Waals surface area contributed by atoms with Gasteiger partial charge < -0.3 is 41.4 Å². The van der Waals surface area contributed by atoms with E-state index in [4.69, 9.17) is 16.8 Å². The smallest absolute Gasteiger partial charge is 0.201 e. The Morgan fingerprint density at radius 2 is 0.888 bits per heavy atom. The fourth-order valence-electron chi connectivity index (χ4n) is 15.7. The molecule has 3 aliphatic heterocycles. The molecule has 0 spiro atoms. The Bertz CT molecular complexity index is 4790. The fraction of sp³-hybridized carbons (Fsp3) is 0.443. The van der Waals surface area contributed by atoms with Crippen LogP contribution >= 0.6 is 11.6 Å². The van der Waals surface area contributed by atoms with Crippen molar-refractivity contribution in [2.45, 2.75) is 186 Å². The number of anilines is 1. The molecular formula is C70H84ClN23O4. The van der Waals surface area contributed by atoms with Crippen LogP contribution in [0.25, 0.3) is 89.5 Å². The fourth-order valence-corrected chi connectivity index (χ4v) is 15.9. The third kappa shape index (κ3) is 13.8. The highest BCUT2D eigenvalue weighted by Crippen LogP contribution is 2.43. The Morgan fingerprint density at radius 1 is 0.459 bits per heavy atom. The second-order valence-electron chi connectivity index (χ2n) is 30.7. The normalized spacial score (nSPS) is 19.1. The molecule has 0 bridgehead atoms.